The fourth-order valence-corrected chi connectivity index (χ4v) is 9.07. The third-order valence-electron chi connectivity index (χ3n) is 10.3. The predicted molar refractivity (Wildman–Crippen MR) is 219 cm³/mol. The highest BCUT2D eigenvalue weighted by Crippen LogP contribution is 2.53. The van der Waals surface area contributed by atoms with Gasteiger partial charge in [0.2, 0.25) is 0 Å². The first-order valence-electron chi connectivity index (χ1n) is 17.5. The normalized spacial score (nSPS) is 11.8. The van der Waals surface area contributed by atoms with E-state index in [-0.39, 0.29) is 0 Å². The monoisotopic (exact) mass is 683 g/mol. The van der Waals surface area contributed by atoms with Crippen molar-refractivity contribution in [3.8, 4) is 22.3 Å². The number of rotatable bonds is 5. The van der Waals surface area contributed by atoms with Crippen molar-refractivity contribution in [1.29, 1.82) is 0 Å². The minimum absolute atomic E-state index is 0.862. The molecule has 0 spiro atoms. The van der Waals surface area contributed by atoms with E-state index in [0.717, 1.165) is 83.2 Å². The molecule has 0 atom stereocenters. The van der Waals surface area contributed by atoms with Gasteiger partial charge < -0.3 is 13.7 Å². The molecular weight excluding hydrogens is 655 g/mol. The lowest BCUT2D eigenvalue weighted by Crippen LogP contribution is -2.12. The molecule has 0 unspecified atom stereocenters. The van der Waals surface area contributed by atoms with Crippen LogP contribution in [0.15, 0.2) is 185 Å². The van der Waals surface area contributed by atoms with E-state index < -0.39 is 0 Å². The Morgan fingerprint density at radius 1 is 0.404 bits per heavy atom. The first-order valence-corrected chi connectivity index (χ1v) is 18.3. The zero-order valence-corrected chi connectivity index (χ0v) is 28.7. The zero-order valence-electron chi connectivity index (χ0n) is 27.9. The molecule has 0 saturated carbocycles. The molecule has 3 aromatic heterocycles. The molecule has 4 heteroatoms. The van der Waals surface area contributed by atoms with Crippen molar-refractivity contribution in [3.05, 3.63) is 176 Å². The fraction of sp³-hybridized carbons (Fsp3) is 0. The first kappa shape index (κ1) is 29.1. The average Bonchev–Trinajstić information content (AvgIpc) is 3.90. The molecule has 0 N–H and O–H groups in total. The van der Waals surface area contributed by atoms with Gasteiger partial charge >= 0.3 is 0 Å². The molecule has 0 radical (unpaired) electrons. The van der Waals surface area contributed by atoms with Crippen molar-refractivity contribution < 1.29 is 8.83 Å². The van der Waals surface area contributed by atoms with Crippen LogP contribution < -0.4 is 4.90 Å². The molecule has 52 heavy (non-hydrogen) atoms. The molecule has 0 saturated heterocycles. The maximum Gasteiger partial charge on any atom is 0.145 e. The third-order valence-corrected chi connectivity index (χ3v) is 11.4. The van der Waals surface area contributed by atoms with Crippen LogP contribution in [-0.4, -0.2) is 0 Å². The van der Waals surface area contributed by atoms with E-state index in [1.807, 2.05) is 29.5 Å². The Morgan fingerprint density at radius 3 is 1.81 bits per heavy atom. The number of fused-ring (bicyclic) bond motifs is 9. The standard InChI is InChI=1S/C48H29NO2S/c1-3-13-30(14-4-1)33-25-28-44-46(37-19-9-12-22-43(37)52-44)47(33)49(32-23-27-42-38(29-32)35-17-7-10-20-40(35)50-42)39-26-24-34(31-15-5-2-6-16-31)48-45(39)36-18-8-11-21-41(36)51-48/h1-29H. The Balaban J connectivity index is 1.33. The lowest BCUT2D eigenvalue weighted by Gasteiger charge is -2.30. The highest BCUT2D eigenvalue weighted by molar-refractivity contribution is 7.26. The van der Waals surface area contributed by atoms with Gasteiger partial charge in [0.15, 0.2) is 0 Å². The van der Waals surface area contributed by atoms with Crippen LogP contribution in [0.2, 0.25) is 0 Å². The minimum atomic E-state index is 0.862. The number of hydrogen-bond donors (Lipinski definition) is 0. The fourth-order valence-electron chi connectivity index (χ4n) is 7.97. The van der Waals surface area contributed by atoms with Crippen LogP contribution in [0.3, 0.4) is 0 Å². The van der Waals surface area contributed by atoms with Crippen LogP contribution in [-0.2, 0) is 0 Å². The molecular formula is C48H29NO2S. The highest BCUT2D eigenvalue weighted by atomic mass is 32.1. The molecule has 8 aromatic carbocycles. The van der Waals surface area contributed by atoms with Gasteiger partial charge in [-0.3, -0.25) is 0 Å². The topological polar surface area (TPSA) is 29.5 Å². The molecule has 11 aromatic rings. The number of anilines is 3. The molecule has 3 heterocycles. The summed E-state index contributed by atoms with van der Waals surface area (Å²) in [6, 6.07) is 62.5. The molecule has 0 amide bonds. The summed E-state index contributed by atoms with van der Waals surface area (Å²) in [6.07, 6.45) is 0. The molecule has 0 bridgehead atoms. The maximum absolute atomic E-state index is 6.83. The summed E-state index contributed by atoms with van der Waals surface area (Å²) < 4.78 is 15.7. The highest BCUT2D eigenvalue weighted by Gasteiger charge is 2.27. The van der Waals surface area contributed by atoms with Crippen LogP contribution >= 0.6 is 11.3 Å². The summed E-state index contributed by atoms with van der Waals surface area (Å²) in [4.78, 5) is 2.48. The molecule has 244 valence electrons. The minimum Gasteiger partial charge on any atom is -0.456 e. The Morgan fingerprint density at radius 2 is 1.02 bits per heavy atom. The van der Waals surface area contributed by atoms with Crippen molar-refractivity contribution in [3.63, 3.8) is 0 Å². The van der Waals surface area contributed by atoms with Gasteiger partial charge in [0, 0.05) is 53.1 Å². The summed E-state index contributed by atoms with van der Waals surface area (Å²) in [5, 5.41) is 6.80. The molecule has 3 nitrogen and oxygen atoms in total. The van der Waals surface area contributed by atoms with Crippen molar-refractivity contribution in [2.45, 2.75) is 0 Å². The number of hydrogen-bond acceptors (Lipinski definition) is 4. The number of para-hydroxylation sites is 2. The quantitative estimate of drug-likeness (QED) is 0.181. The van der Waals surface area contributed by atoms with E-state index in [0.29, 0.717) is 0 Å². The van der Waals surface area contributed by atoms with E-state index in [9.17, 15) is 0 Å². The SMILES string of the molecule is c1ccc(-c2ccc3sc4ccccc4c3c2N(c2ccc3oc4ccccc4c3c2)c2ccc(-c3ccccc3)c3oc4ccccc4c23)cc1. The summed E-state index contributed by atoms with van der Waals surface area (Å²) in [6.45, 7) is 0. The van der Waals surface area contributed by atoms with Crippen LogP contribution in [0.4, 0.5) is 17.1 Å². The molecule has 0 aliphatic heterocycles. The molecule has 0 fully saturated rings. The lowest BCUT2D eigenvalue weighted by molar-refractivity contribution is 0.669. The summed E-state index contributed by atoms with van der Waals surface area (Å²) in [7, 11) is 0. The molecule has 0 aliphatic carbocycles. The van der Waals surface area contributed by atoms with Gasteiger partial charge in [0.1, 0.15) is 22.3 Å². The van der Waals surface area contributed by atoms with Gasteiger partial charge in [-0.2, -0.15) is 0 Å². The van der Waals surface area contributed by atoms with Crippen LogP contribution in [0.5, 0.6) is 0 Å². The second kappa shape index (κ2) is 11.5. The number of benzene rings is 8. The largest absolute Gasteiger partial charge is 0.456 e. The van der Waals surface area contributed by atoms with E-state index >= 15 is 0 Å². The van der Waals surface area contributed by atoms with Gasteiger partial charge in [0.05, 0.1) is 16.8 Å². The van der Waals surface area contributed by atoms with Crippen molar-refractivity contribution in [1.82, 2.24) is 0 Å². The average molecular weight is 684 g/mol. The van der Waals surface area contributed by atoms with E-state index in [2.05, 4.69) is 163 Å². The van der Waals surface area contributed by atoms with Gasteiger partial charge in [-0.25, -0.2) is 0 Å². The predicted octanol–water partition coefficient (Wildman–Crippen LogP) is 14.7. The Hall–Kier alpha value is -6.62. The summed E-state index contributed by atoms with van der Waals surface area (Å²) in [5.74, 6) is 0. The summed E-state index contributed by atoms with van der Waals surface area (Å²) >= 11 is 1.84. The number of nitrogens with zero attached hydrogens (tertiary/aromatic N) is 1. The Kier molecular flexibility index (Phi) is 6.42. The van der Waals surface area contributed by atoms with Crippen LogP contribution in [0.25, 0.3) is 86.3 Å². The number of furan rings is 2. The van der Waals surface area contributed by atoms with E-state index in [4.69, 9.17) is 8.83 Å². The van der Waals surface area contributed by atoms with E-state index in [1.165, 1.54) is 20.2 Å². The Labute approximate surface area is 303 Å². The summed E-state index contributed by atoms with van der Waals surface area (Å²) in [5.41, 5.74) is 11.2. The second-order valence-corrected chi connectivity index (χ2v) is 14.3. The molecule has 11 rings (SSSR count). The van der Waals surface area contributed by atoms with Gasteiger partial charge in [0.25, 0.3) is 0 Å². The van der Waals surface area contributed by atoms with Gasteiger partial charge in [-0.15, -0.1) is 11.3 Å². The van der Waals surface area contributed by atoms with E-state index in [1.54, 1.807) is 0 Å². The first-order chi connectivity index (χ1) is 25.8. The Bertz CT molecular complexity index is 3130. The van der Waals surface area contributed by atoms with Crippen molar-refractivity contribution in [2.24, 2.45) is 0 Å². The maximum atomic E-state index is 6.83. The third kappa shape index (κ3) is 4.38. The second-order valence-electron chi connectivity index (χ2n) is 13.2. The van der Waals surface area contributed by atoms with Gasteiger partial charge in [-0.05, 0) is 65.7 Å². The van der Waals surface area contributed by atoms with Crippen molar-refractivity contribution in [2.75, 3.05) is 4.90 Å². The van der Waals surface area contributed by atoms with Crippen LogP contribution in [0, 0.1) is 0 Å². The van der Waals surface area contributed by atoms with Gasteiger partial charge in [-0.1, -0.05) is 121 Å². The van der Waals surface area contributed by atoms with Crippen LogP contribution in [0.1, 0.15) is 0 Å². The zero-order chi connectivity index (χ0) is 34.2. The number of thiophene rings is 1. The lowest BCUT2D eigenvalue weighted by atomic mass is 9.96. The van der Waals surface area contributed by atoms with Crippen molar-refractivity contribution >= 4 is 92.4 Å². The molecule has 0 aliphatic rings. The smallest absolute Gasteiger partial charge is 0.145 e.